The van der Waals surface area contributed by atoms with Gasteiger partial charge in [-0.15, -0.1) is 0 Å². The summed E-state index contributed by atoms with van der Waals surface area (Å²) in [6.45, 7) is 6.99. The molecule has 0 aromatic heterocycles. The lowest BCUT2D eigenvalue weighted by Crippen LogP contribution is -2.15. The maximum Gasteiger partial charge on any atom is 0.331 e. The summed E-state index contributed by atoms with van der Waals surface area (Å²) < 4.78 is 30.8. The van der Waals surface area contributed by atoms with E-state index in [0.717, 1.165) is 19.4 Å². The molecule has 0 atom stereocenters. The summed E-state index contributed by atoms with van der Waals surface area (Å²) in [6.07, 6.45) is 2.24. The molecule has 0 heterocycles. The van der Waals surface area contributed by atoms with E-state index in [9.17, 15) is 4.79 Å². The molecule has 0 aromatic carbocycles. The number of hydrogen-bond donors (Lipinski definition) is 0. The van der Waals surface area contributed by atoms with Crippen LogP contribution in [-0.4, -0.2) is 79.1 Å². The summed E-state index contributed by atoms with van der Waals surface area (Å²) in [5.74, 6) is -0.390. The predicted molar refractivity (Wildman–Crippen MR) is 81.0 cm³/mol. The van der Waals surface area contributed by atoms with Gasteiger partial charge in [0.25, 0.3) is 0 Å². The van der Waals surface area contributed by atoms with Crippen LogP contribution in [0.2, 0.25) is 0 Å². The van der Waals surface area contributed by atoms with Crippen molar-refractivity contribution in [1.82, 2.24) is 0 Å². The molecule has 0 aliphatic rings. The molecule has 0 aliphatic carbocycles. The highest BCUT2D eigenvalue weighted by Crippen LogP contribution is 1.88. The van der Waals surface area contributed by atoms with Crippen molar-refractivity contribution in [2.75, 3.05) is 73.2 Å². The number of carbonyl (C=O) groups is 1. The normalized spacial score (nSPS) is 10.8. The van der Waals surface area contributed by atoms with Crippen LogP contribution in [0.3, 0.4) is 0 Å². The minimum Gasteiger partial charge on any atom is -0.467 e. The molecule has 0 fully saturated rings. The van der Waals surface area contributed by atoms with Crippen LogP contribution in [0, 0.1) is 0 Å². The van der Waals surface area contributed by atoms with Gasteiger partial charge < -0.3 is 28.4 Å². The number of hydrogen-bond acceptors (Lipinski definition) is 7. The molecule has 0 saturated carbocycles. The van der Waals surface area contributed by atoms with Gasteiger partial charge in [0, 0.05) is 6.61 Å². The fourth-order valence-electron chi connectivity index (χ4n) is 1.34. The Hall–Kier alpha value is -0.730. The first-order chi connectivity index (χ1) is 10.8. The van der Waals surface area contributed by atoms with Crippen molar-refractivity contribution >= 4 is 5.97 Å². The van der Waals surface area contributed by atoms with Crippen LogP contribution >= 0.6 is 0 Å². The van der Waals surface area contributed by atoms with Gasteiger partial charge in [0.15, 0.2) is 0 Å². The van der Waals surface area contributed by atoms with Crippen LogP contribution in [0.1, 0.15) is 19.8 Å². The van der Waals surface area contributed by atoms with Crippen molar-refractivity contribution in [3.05, 3.63) is 0 Å². The third-order valence-corrected chi connectivity index (χ3v) is 2.58. The van der Waals surface area contributed by atoms with Crippen molar-refractivity contribution in [2.24, 2.45) is 0 Å². The highest BCUT2D eigenvalue weighted by molar-refractivity contribution is 5.70. The molecule has 7 nitrogen and oxygen atoms in total. The lowest BCUT2D eigenvalue weighted by atomic mass is 10.4. The zero-order valence-corrected chi connectivity index (χ0v) is 13.8. The van der Waals surface area contributed by atoms with Crippen LogP contribution in [-0.2, 0) is 33.2 Å². The van der Waals surface area contributed by atoms with E-state index in [1.165, 1.54) is 7.11 Å². The molecule has 22 heavy (non-hydrogen) atoms. The molecular formula is C15H30O7. The van der Waals surface area contributed by atoms with Gasteiger partial charge in [0.1, 0.15) is 6.61 Å². The Morgan fingerprint density at radius 3 is 1.50 bits per heavy atom. The van der Waals surface area contributed by atoms with Gasteiger partial charge in [0.2, 0.25) is 0 Å². The summed E-state index contributed by atoms with van der Waals surface area (Å²) in [6, 6.07) is 0. The van der Waals surface area contributed by atoms with Gasteiger partial charge in [-0.2, -0.15) is 0 Å². The summed E-state index contributed by atoms with van der Waals surface area (Å²) >= 11 is 0. The molecule has 0 bridgehead atoms. The van der Waals surface area contributed by atoms with E-state index < -0.39 is 0 Å². The summed E-state index contributed by atoms with van der Waals surface area (Å²) in [4.78, 5) is 10.7. The molecule has 0 N–H and O–H groups in total. The van der Waals surface area contributed by atoms with Gasteiger partial charge in [0.05, 0.1) is 60.0 Å². The molecule has 0 saturated heterocycles. The van der Waals surface area contributed by atoms with Crippen molar-refractivity contribution in [1.29, 1.82) is 0 Å². The lowest BCUT2D eigenvalue weighted by Gasteiger charge is -2.07. The number of methoxy groups -OCH3 is 1. The molecular weight excluding hydrogens is 292 g/mol. The molecule has 0 unspecified atom stereocenters. The maximum absolute atomic E-state index is 10.7. The van der Waals surface area contributed by atoms with E-state index in [0.29, 0.717) is 52.9 Å². The summed E-state index contributed by atoms with van der Waals surface area (Å²) in [7, 11) is 1.32. The van der Waals surface area contributed by atoms with Crippen LogP contribution in [0.15, 0.2) is 0 Å². The van der Waals surface area contributed by atoms with E-state index >= 15 is 0 Å². The Balaban J connectivity index is 2.98. The average Bonchev–Trinajstić information content (AvgIpc) is 2.54. The molecule has 0 rings (SSSR count). The third-order valence-electron chi connectivity index (χ3n) is 2.58. The van der Waals surface area contributed by atoms with Gasteiger partial charge >= 0.3 is 5.97 Å². The van der Waals surface area contributed by atoms with E-state index in [-0.39, 0.29) is 12.6 Å². The highest BCUT2D eigenvalue weighted by atomic mass is 16.6. The van der Waals surface area contributed by atoms with Crippen LogP contribution < -0.4 is 0 Å². The molecule has 7 heteroatoms. The Labute approximate surface area is 133 Å². The van der Waals surface area contributed by atoms with Gasteiger partial charge in [-0.3, -0.25) is 0 Å². The van der Waals surface area contributed by atoms with Gasteiger partial charge in [-0.05, 0) is 6.42 Å². The first-order valence-electron chi connectivity index (χ1n) is 7.76. The molecule has 132 valence electrons. The lowest BCUT2D eigenvalue weighted by molar-refractivity contribution is -0.146. The number of carbonyl (C=O) groups excluding carboxylic acids is 1. The van der Waals surface area contributed by atoms with E-state index in [2.05, 4.69) is 11.7 Å². The average molecular weight is 322 g/mol. The van der Waals surface area contributed by atoms with Crippen LogP contribution in [0.4, 0.5) is 0 Å². The maximum atomic E-state index is 10.7. The van der Waals surface area contributed by atoms with Crippen LogP contribution in [0.5, 0.6) is 0 Å². The fraction of sp³-hybridized carbons (Fsp3) is 0.933. The molecule has 0 aliphatic heterocycles. The van der Waals surface area contributed by atoms with E-state index in [1.54, 1.807) is 0 Å². The monoisotopic (exact) mass is 322 g/mol. The zero-order chi connectivity index (χ0) is 16.3. The van der Waals surface area contributed by atoms with Gasteiger partial charge in [-0.1, -0.05) is 13.3 Å². The Morgan fingerprint density at radius 1 is 0.682 bits per heavy atom. The summed E-state index contributed by atoms with van der Waals surface area (Å²) in [5.41, 5.74) is 0. The van der Waals surface area contributed by atoms with Crippen molar-refractivity contribution in [3.63, 3.8) is 0 Å². The number of unbranched alkanes of at least 4 members (excludes halogenated alkanes) is 1. The largest absolute Gasteiger partial charge is 0.467 e. The summed E-state index contributed by atoms with van der Waals surface area (Å²) in [5, 5.41) is 0. The highest BCUT2D eigenvalue weighted by Gasteiger charge is 1.98. The first-order valence-corrected chi connectivity index (χ1v) is 7.76. The second-order valence-corrected chi connectivity index (χ2v) is 4.43. The third kappa shape index (κ3) is 17.3. The standard InChI is InChI=1S/C15H30O7/c1-3-4-5-18-6-7-19-8-9-20-10-11-21-12-13-22-14-15(16)17-2/h3-14H2,1-2H3. The fourth-order valence-corrected chi connectivity index (χ4v) is 1.34. The Bertz CT molecular complexity index is 236. The second-order valence-electron chi connectivity index (χ2n) is 4.43. The minimum absolute atomic E-state index is 0.0458. The van der Waals surface area contributed by atoms with Crippen molar-refractivity contribution in [2.45, 2.75) is 19.8 Å². The van der Waals surface area contributed by atoms with E-state index in [1.807, 2.05) is 0 Å². The topological polar surface area (TPSA) is 72.5 Å². The molecule has 0 spiro atoms. The van der Waals surface area contributed by atoms with Crippen LogP contribution in [0.25, 0.3) is 0 Å². The first kappa shape index (κ1) is 21.3. The Morgan fingerprint density at radius 2 is 1.09 bits per heavy atom. The second kappa shape index (κ2) is 18.3. The minimum atomic E-state index is -0.390. The van der Waals surface area contributed by atoms with Crippen molar-refractivity contribution < 1.29 is 33.2 Å². The SMILES string of the molecule is CCCCOCCOCCOCCOCCOCC(=O)OC. The zero-order valence-electron chi connectivity index (χ0n) is 13.8. The quantitative estimate of drug-likeness (QED) is 0.293. The van der Waals surface area contributed by atoms with E-state index in [4.69, 9.17) is 23.7 Å². The number of ether oxygens (including phenoxy) is 6. The molecule has 0 aromatic rings. The smallest absolute Gasteiger partial charge is 0.331 e. The number of esters is 1. The number of rotatable bonds is 17. The van der Waals surface area contributed by atoms with Crippen molar-refractivity contribution in [3.8, 4) is 0 Å². The predicted octanol–water partition coefficient (Wildman–Crippen LogP) is 1.04. The molecule has 0 amide bonds. The Kier molecular flexibility index (Phi) is 17.7. The van der Waals surface area contributed by atoms with Gasteiger partial charge in [-0.25, -0.2) is 4.79 Å². The molecule has 0 radical (unpaired) electrons.